The van der Waals surface area contributed by atoms with Crippen LogP contribution in [0.5, 0.6) is 0 Å². The number of benzene rings is 2. The first-order valence-corrected chi connectivity index (χ1v) is 10.7. The van der Waals surface area contributed by atoms with Crippen molar-refractivity contribution in [3.8, 4) is 0 Å². The van der Waals surface area contributed by atoms with E-state index in [1.165, 1.54) is 0 Å². The maximum atomic E-state index is 12.8. The molecule has 0 aromatic heterocycles. The van der Waals surface area contributed by atoms with Gasteiger partial charge in [-0.15, -0.1) is 0 Å². The summed E-state index contributed by atoms with van der Waals surface area (Å²) in [6.07, 6.45) is 1.91. The van der Waals surface area contributed by atoms with Crippen LogP contribution in [0.25, 0.3) is 0 Å². The zero-order valence-electron chi connectivity index (χ0n) is 18.0. The van der Waals surface area contributed by atoms with Gasteiger partial charge in [-0.2, -0.15) is 0 Å². The number of hydrogen-bond donors (Lipinski definition) is 2. The Morgan fingerprint density at radius 3 is 2.19 bits per heavy atom. The first-order chi connectivity index (χ1) is 14.9. The van der Waals surface area contributed by atoms with Gasteiger partial charge >= 0.3 is 6.03 Å². The third-order valence-corrected chi connectivity index (χ3v) is 5.90. The van der Waals surface area contributed by atoms with Crippen LogP contribution in [-0.2, 0) is 4.79 Å². The second-order valence-corrected chi connectivity index (χ2v) is 8.30. The van der Waals surface area contributed by atoms with E-state index in [9.17, 15) is 14.4 Å². The molecule has 4 rings (SSSR count). The number of carbonyl (C=O) groups excluding carboxylic acids is 3. The van der Waals surface area contributed by atoms with E-state index in [4.69, 9.17) is 0 Å². The highest BCUT2D eigenvalue weighted by Gasteiger charge is 2.29. The van der Waals surface area contributed by atoms with E-state index in [0.29, 0.717) is 30.0 Å². The minimum atomic E-state index is -0.139. The van der Waals surface area contributed by atoms with Crippen LogP contribution < -0.4 is 15.5 Å². The molecule has 1 heterocycles. The molecule has 1 aliphatic heterocycles. The highest BCUT2D eigenvalue weighted by molar-refractivity contribution is 5.96. The van der Waals surface area contributed by atoms with Crippen molar-refractivity contribution in [2.45, 2.75) is 26.7 Å². The standard InChI is InChI=1S/C24H28N4O3/c1-16-3-8-20(25-23(30)19-4-5-19)15-22(16)26-24(31)28-13-11-27(12-14-28)21-9-6-18(7-10-21)17(2)29/h3,6-10,15,19H,4-5,11-14H2,1-2H3,(H,25,30)(H,26,31). The predicted octanol–water partition coefficient (Wildman–Crippen LogP) is 3.90. The van der Waals surface area contributed by atoms with Gasteiger partial charge < -0.3 is 20.4 Å². The van der Waals surface area contributed by atoms with E-state index < -0.39 is 0 Å². The van der Waals surface area contributed by atoms with Crippen molar-refractivity contribution in [3.63, 3.8) is 0 Å². The van der Waals surface area contributed by atoms with Crippen LogP contribution in [-0.4, -0.2) is 48.8 Å². The van der Waals surface area contributed by atoms with Gasteiger partial charge in [0.25, 0.3) is 0 Å². The van der Waals surface area contributed by atoms with Gasteiger partial charge in [-0.3, -0.25) is 9.59 Å². The summed E-state index contributed by atoms with van der Waals surface area (Å²) in [4.78, 5) is 40.3. The largest absolute Gasteiger partial charge is 0.368 e. The van der Waals surface area contributed by atoms with Crippen LogP contribution in [0.1, 0.15) is 35.7 Å². The number of amides is 3. The first-order valence-electron chi connectivity index (χ1n) is 10.7. The number of rotatable bonds is 5. The van der Waals surface area contributed by atoms with Crippen molar-refractivity contribution < 1.29 is 14.4 Å². The molecule has 2 N–H and O–H groups in total. The lowest BCUT2D eigenvalue weighted by Gasteiger charge is -2.36. The Hall–Kier alpha value is -3.35. The number of urea groups is 1. The number of Topliss-reactive ketones (excluding diaryl/α,β-unsaturated/α-hetero) is 1. The van der Waals surface area contributed by atoms with Crippen molar-refractivity contribution in [3.05, 3.63) is 53.6 Å². The van der Waals surface area contributed by atoms with Gasteiger partial charge in [-0.1, -0.05) is 6.07 Å². The van der Waals surface area contributed by atoms with E-state index >= 15 is 0 Å². The fourth-order valence-electron chi connectivity index (χ4n) is 3.69. The maximum absolute atomic E-state index is 12.8. The first kappa shape index (κ1) is 20.9. The summed E-state index contributed by atoms with van der Waals surface area (Å²) in [6.45, 7) is 6.16. The molecule has 0 unspecified atom stereocenters. The van der Waals surface area contributed by atoms with E-state index in [1.54, 1.807) is 11.8 Å². The van der Waals surface area contributed by atoms with Crippen molar-refractivity contribution in [1.82, 2.24) is 4.90 Å². The summed E-state index contributed by atoms with van der Waals surface area (Å²) in [5, 5.41) is 5.92. The smallest absolute Gasteiger partial charge is 0.321 e. The molecular formula is C24H28N4O3. The second-order valence-electron chi connectivity index (χ2n) is 8.30. The minimum absolute atomic E-state index is 0.0496. The molecule has 1 saturated carbocycles. The minimum Gasteiger partial charge on any atom is -0.368 e. The number of piperazine rings is 1. The average molecular weight is 421 g/mol. The van der Waals surface area contributed by atoms with Gasteiger partial charge in [0.15, 0.2) is 5.78 Å². The molecule has 1 saturated heterocycles. The quantitative estimate of drug-likeness (QED) is 0.719. The lowest BCUT2D eigenvalue weighted by atomic mass is 10.1. The number of ketones is 1. The van der Waals surface area contributed by atoms with Crippen LogP contribution in [0.15, 0.2) is 42.5 Å². The van der Waals surface area contributed by atoms with Crippen LogP contribution in [0.3, 0.4) is 0 Å². The molecule has 0 atom stereocenters. The lowest BCUT2D eigenvalue weighted by molar-refractivity contribution is -0.117. The van der Waals surface area contributed by atoms with Crippen LogP contribution in [0, 0.1) is 12.8 Å². The third kappa shape index (κ3) is 5.05. The van der Waals surface area contributed by atoms with Gasteiger partial charge in [0.05, 0.1) is 0 Å². The monoisotopic (exact) mass is 420 g/mol. The Balaban J connectivity index is 1.33. The summed E-state index contributed by atoms with van der Waals surface area (Å²) in [5.74, 6) is 0.238. The van der Waals surface area contributed by atoms with Crippen molar-refractivity contribution in [1.29, 1.82) is 0 Å². The van der Waals surface area contributed by atoms with Gasteiger partial charge in [0.2, 0.25) is 5.91 Å². The Bertz CT molecular complexity index is 990. The molecule has 7 nitrogen and oxygen atoms in total. The second kappa shape index (κ2) is 8.79. The fourth-order valence-corrected chi connectivity index (χ4v) is 3.69. The number of aryl methyl sites for hydroxylation is 1. The normalized spacial score (nSPS) is 16.1. The third-order valence-electron chi connectivity index (χ3n) is 5.90. The van der Waals surface area contributed by atoms with Crippen LogP contribution >= 0.6 is 0 Å². The summed E-state index contributed by atoms with van der Waals surface area (Å²) in [5.41, 5.74) is 4.12. The molecule has 0 spiro atoms. The van der Waals surface area contributed by atoms with Gasteiger partial charge in [-0.25, -0.2) is 4.79 Å². The number of hydrogen-bond acceptors (Lipinski definition) is 4. The van der Waals surface area contributed by atoms with E-state index in [0.717, 1.165) is 37.2 Å². The average Bonchev–Trinajstić information content (AvgIpc) is 3.62. The molecule has 7 heteroatoms. The fraction of sp³-hybridized carbons (Fsp3) is 0.375. The number of nitrogens with zero attached hydrogens (tertiary/aromatic N) is 2. The Morgan fingerprint density at radius 2 is 1.58 bits per heavy atom. The number of nitrogens with one attached hydrogen (secondary N) is 2. The van der Waals surface area contributed by atoms with E-state index in [1.807, 2.05) is 49.4 Å². The van der Waals surface area contributed by atoms with Gasteiger partial charge in [0, 0.05) is 54.7 Å². The maximum Gasteiger partial charge on any atom is 0.321 e. The molecule has 3 amide bonds. The van der Waals surface area contributed by atoms with Crippen molar-refractivity contribution >= 4 is 34.8 Å². The number of carbonyl (C=O) groups is 3. The molecule has 2 fully saturated rings. The van der Waals surface area contributed by atoms with Crippen LogP contribution in [0.4, 0.5) is 21.9 Å². The lowest BCUT2D eigenvalue weighted by Crippen LogP contribution is -2.50. The van der Waals surface area contributed by atoms with Crippen molar-refractivity contribution in [2.75, 3.05) is 41.7 Å². The molecule has 2 aromatic carbocycles. The van der Waals surface area contributed by atoms with Crippen molar-refractivity contribution in [2.24, 2.45) is 5.92 Å². The Morgan fingerprint density at radius 1 is 0.903 bits per heavy atom. The molecule has 2 aliphatic rings. The molecule has 2 aromatic rings. The van der Waals surface area contributed by atoms with Crippen LogP contribution in [0.2, 0.25) is 0 Å². The van der Waals surface area contributed by atoms with Gasteiger partial charge in [-0.05, 0) is 68.7 Å². The summed E-state index contributed by atoms with van der Waals surface area (Å²) in [7, 11) is 0. The summed E-state index contributed by atoms with van der Waals surface area (Å²) < 4.78 is 0. The Kier molecular flexibility index (Phi) is 5.93. The SMILES string of the molecule is CC(=O)c1ccc(N2CCN(C(=O)Nc3cc(NC(=O)C4CC4)ccc3C)CC2)cc1. The highest BCUT2D eigenvalue weighted by atomic mass is 16.2. The molecule has 31 heavy (non-hydrogen) atoms. The zero-order chi connectivity index (χ0) is 22.0. The molecule has 0 bridgehead atoms. The molecular weight excluding hydrogens is 392 g/mol. The van der Waals surface area contributed by atoms with E-state index in [-0.39, 0.29) is 23.6 Å². The summed E-state index contributed by atoms with van der Waals surface area (Å²) >= 11 is 0. The van der Waals surface area contributed by atoms with E-state index in [2.05, 4.69) is 15.5 Å². The molecule has 162 valence electrons. The topological polar surface area (TPSA) is 81.8 Å². The Labute approximate surface area is 182 Å². The van der Waals surface area contributed by atoms with Gasteiger partial charge in [0.1, 0.15) is 0 Å². The predicted molar refractivity (Wildman–Crippen MR) is 122 cm³/mol. The number of anilines is 3. The highest BCUT2D eigenvalue weighted by Crippen LogP contribution is 2.31. The molecule has 0 radical (unpaired) electrons. The zero-order valence-corrected chi connectivity index (χ0v) is 18.0. The summed E-state index contributed by atoms with van der Waals surface area (Å²) in [6, 6.07) is 13.0. The molecule has 1 aliphatic carbocycles.